The molecule has 0 bridgehead atoms. The molecule has 1 heterocycles. The molecule has 1 saturated heterocycles. The van der Waals surface area contributed by atoms with Gasteiger partial charge >= 0.3 is 0 Å². The third kappa shape index (κ3) is 1.79. The zero-order valence-electron chi connectivity index (χ0n) is 7.64. The van der Waals surface area contributed by atoms with Crippen molar-refractivity contribution in [3.05, 3.63) is 0 Å². The molecule has 0 spiro atoms. The minimum absolute atomic E-state index is 0.352. The van der Waals surface area contributed by atoms with Gasteiger partial charge in [-0.25, -0.2) is 0 Å². The lowest BCUT2D eigenvalue weighted by Gasteiger charge is -2.31. The van der Waals surface area contributed by atoms with Gasteiger partial charge in [0.05, 0.1) is 13.2 Å². The third-order valence-corrected chi connectivity index (χ3v) is 2.72. The molecule has 0 aromatic heterocycles. The standard InChI is InChI=1S/C9H17NO2/c1-9(11-5-6-12-9)7-10-8-3-2-4-8/h8,10H,2-7H2,1H3. The van der Waals surface area contributed by atoms with E-state index in [2.05, 4.69) is 5.32 Å². The van der Waals surface area contributed by atoms with Gasteiger partial charge in [-0.2, -0.15) is 0 Å². The van der Waals surface area contributed by atoms with Crippen molar-refractivity contribution in [2.45, 2.75) is 38.0 Å². The van der Waals surface area contributed by atoms with Crippen molar-refractivity contribution in [2.24, 2.45) is 0 Å². The SMILES string of the molecule is CC1(CNC2CCC2)OCCO1. The Morgan fingerprint density at radius 2 is 2.00 bits per heavy atom. The summed E-state index contributed by atoms with van der Waals surface area (Å²) >= 11 is 0. The molecule has 12 heavy (non-hydrogen) atoms. The number of ether oxygens (including phenoxy) is 2. The molecule has 1 N–H and O–H groups in total. The van der Waals surface area contributed by atoms with Crippen LogP contribution in [-0.4, -0.2) is 31.6 Å². The van der Waals surface area contributed by atoms with Gasteiger partial charge in [-0.15, -0.1) is 0 Å². The van der Waals surface area contributed by atoms with E-state index in [1.807, 2.05) is 6.92 Å². The maximum absolute atomic E-state index is 5.47. The first-order valence-corrected chi connectivity index (χ1v) is 4.80. The highest BCUT2D eigenvalue weighted by atomic mass is 16.7. The second-order valence-corrected chi connectivity index (χ2v) is 3.84. The molecule has 2 fully saturated rings. The summed E-state index contributed by atoms with van der Waals surface area (Å²) in [6.07, 6.45) is 4.00. The van der Waals surface area contributed by atoms with Crippen LogP contribution in [0.1, 0.15) is 26.2 Å². The van der Waals surface area contributed by atoms with E-state index in [1.54, 1.807) is 0 Å². The highest BCUT2D eigenvalue weighted by Crippen LogP contribution is 2.21. The normalized spacial score (nSPS) is 28.8. The molecule has 3 nitrogen and oxygen atoms in total. The van der Waals surface area contributed by atoms with Crippen molar-refractivity contribution in [1.29, 1.82) is 0 Å². The monoisotopic (exact) mass is 171 g/mol. The molecule has 0 atom stereocenters. The van der Waals surface area contributed by atoms with E-state index < -0.39 is 0 Å². The van der Waals surface area contributed by atoms with E-state index in [9.17, 15) is 0 Å². The molecule has 1 aliphatic carbocycles. The van der Waals surface area contributed by atoms with Crippen molar-refractivity contribution < 1.29 is 9.47 Å². The molecule has 0 radical (unpaired) electrons. The lowest BCUT2D eigenvalue weighted by Crippen LogP contribution is -2.45. The molecule has 0 aromatic rings. The van der Waals surface area contributed by atoms with Gasteiger partial charge in [-0.1, -0.05) is 6.42 Å². The lowest BCUT2D eigenvalue weighted by molar-refractivity contribution is -0.140. The van der Waals surface area contributed by atoms with E-state index >= 15 is 0 Å². The van der Waals surface area contributed by atoms with Gasteiger partial charge in [0.25, 0.3) is 0 Å². The molecular weight excluding hydrogens is 154 g/mol. The van der Waals surface area contributed by atoms with Crippen molar-refractivity contribution in [3.63, 3.8) is 0 Å². The molecular formula is C9H17NO2. The Balaban J connectivity index is 1.70. The Morgan fingerprint density at radius 1 is 1.33 bits per heavy atom. The first kappa shape index (κ1) is 8.48. The Kier molecular flexibility index (Phi) is 2.35. The largest absolute Gasteiger partial charge is 0.347 e. The molecule has 1 saturated carbocycles. The molecule has 70 valence electrons. The molecule has 0 amide bonds. The summed E-state index contributed by atoms with van der Waals surface area (Å²) in [4.78, 5) is 0. The van der Waals surface area contributed by atoms with E-state index in [0.717, 1.165) is 25.8 Å². The topological polar surface area (TPSA) is 30.5 Å². The summed E-state index contributed by atoms with van der Waals surface area (Å²) < 4.78 is 10.9. The highest BCUT2D eigenvalue weighted by Gasteiger charge is 2.32. The summed E-state index contributed by atoms with van der Waals surface area (Å²) in [7, 11) is 0. The van der Waals surface area contributed by atoms with Gasteiger partial charge in [0.15, 0.2) is 5.79 Å². The van der Waals surface area contributed by atoms with Crippen LogP contribution in [-0.2, 0) is 9.47 Å². The Bertz CT molecular complexity index is 151. The van der Waals surface area contributed by atoms with Gasteiger partial charge in [0.2, 0.25) is 0 Å². The van der Waals surface area contributed by atoms with Gasteiger partial charge < -0.3 is 14.8 Å². The molecule has 2 aliphatic rings. The molecule has 3 heteroatoms. The van der Waals surface area contributed by atoms with E-state index in [1.165, 1.54) is 19.3 Å². The van der Waals surface area contributed by atoms with E-state index in [4.69, 9.17) is 9.47 Å². The van der Waals surface area contributed by atoms with Crippen LogP contribution in [0, 0.1) is 0 Å². The van der Waals surface area contributed by atoms with Gasteiger partial charge in [-0.05, 0) is 19.8 Å². The minimum atomic E-state index is -0.352. The fraction of sp³-hybridized carbons (Fsp3) is 1.00. The van der Waals surface area contributed by atoms with E-state index in [-0.39, 0.29) is 5.79 Å². The lowest BCUT2D eigenvalue weighted by atomic mass is 9.93. The van der Waals surface area contributed by atoms with Crippen LogP contribution in [0.5, 0.6) is 0 Å². The van der Waals surface area contributed by atoms with Crippen molar-refractivity contribution in [3.8, 4) is 0 Å². The van der Waals surface area contributed by atoms with Crippen molar-refractivity contribution >= 4 is 0 Å². The summed E-state index contributed by atoms with van der Waals surface area (Å²) in [5.74, 6) is -0.352. The predicted octanol–water partition coefficient (Wildman–Crippen LogP) is 0.891. The van der Waals surface area contributed by atoms with Crippen LogP contribution in [0.25, 0.3) is 0 Å². The van der Waals surface area contributed by atoms with Crippen molar-refractivity contribution in [1.82, 2.24) is 5.32 Å². The molecule has 1 aliphatic heterocycles. The maximum atomic E-state index is 5.47. The quantitative estimate of drug-likeness (QED) is 0.684. The van der Waals surface area contributed by atoms with Crippen LogP contribution >= 0.6 is 0 Å². The first-order chi connectivity index (χ1) is 5.79. The summed E-state index contributed by atoms with van der Waals surface area (Å²) in [6.45, 7) is 4.31. The molecule has 0 unspecified atom stereocenters. The predicted molar refractivity (Wildman–Crippen MR) is 46.0 cm³/mol. The Morgan fingerprint density at radius 3 is 2.50 bits per heavy atom. The second-order valence-electron chi connectivity index (χ2n) is 3.84. The zero-order chi connectivity index (χ0) is 8.44. The Labute approximate surface area is 73.4 Å². The van der Waals surface area contributed by atoms with Crippen LogP contribution in [0.3, 0.4) is 0 Å². The van der Waals surface area contributed by atoms with Crippen molar-refractivity contribution in [2.75, 3.05) is 19.8 Å². The smallest absolute Gasteiger partial charge is 0.178 e. The van der Waals surface area contributed by atoms with Gasteiger partial charge in [0, 0.05) is 12.6 Å². The minimum Gasteiger partial charge on any atom is -0.347 e. The number of rotatable bonds is 3. The number of hydrogen-bond acceptors (Lipinski definition) is 3. The Hall–Kier alpha value is -0.120. The molecule has 0 aromatic carbocycles. The summed E-state index contributed by atoms with van der Waals surface area (Å²) in [5.41, 5.74) is 0. The van der Waals surface area contributed by atoms with Crippen LogP contribution in [0.4, 0.5) is 0 Å². The number of nitrogens with one attached hydrogen (secondary N) is 1. The fourth-order valence-electron chi connectivity index (χ4n) is 1.60. The van der Waals surface area contributed by atoms with Gasteiger partial charge in [-0.3, -0.25) is 0 Å². The second kappa shape index (κ2) is 3.32. The van der Waals surface area contributed by atoms with Gasteiger partial charge in [0.1, 0.15) is 0 Å². The fourth-order valence-corrected chi connectivity index (χ4v) is 1.60. The molecule has 2 rings (SSSR count). The van der Waals surface area contributed by atoms with E-state index in [0.29, 0.717) is 0 Å². The zero-order valence-corrected chi connectivity index (χ0v) is 7.64. The van der Waals surface area contributed by atoms with Crippen LogP contribution in [0.15, 0.2) is 0 Å². The van der Waals surface area contributed by atoms with Crippen LogP contribution in [0.2, 0.25) is 0 Å². The summed E-state index contributed by atoms with van der Waals surface area (Å²) in [6, 6.07) is 0.717. The average Bonchev–Trinajstić information content (AvgIpc) is 2.33. The summed E-state index contributed by atoms with van der Waals surface area (Å²) in [5, 5.41) is 3.45. The highest BCUT2D eigenvalue weighted by molar-refractivity contribution is 4.80. The average molecular weight is 171 g/mol. The number of hydrogen-bond donors (Lipinski definition) is 1. The van der Waals surface area contributed by atoms with Crippen LogP contribution < -0.4 is 5.32 Å². The third-order valence-electron chi connectivity index (χ3n) is 2.72. The first-order valence-electron chi connectivity index (χ1n) is 4.80. The maximum Gasteiger partial charge on any atom is 0.178 e.